The smallest absolute Gasteiger partial charge is 0.241 e. The van der Waals surface area contributed by atoms with Crippen molar-refractivity contribution in [2.75, 3.05) is 18.6 Å². The molecule has 0 saturated carbocycles. The fraction of sp³-hybridized carbons (Fsp3) is 0.643. The summed E-state index contributed by atoms with van der Waals surface area (Å²) in [7, 11) is 0. The number of hydrogen-bond donors (Lipinski definition) is 1. The van der Waals surface area contributed by atoms with Crippen molar-refractivity contribution in [2.45, 2.75) is 38.9 Å². The van der Waals surface area contributed by atoms with E-state index in [4.69, 9.17) is 0 Å². The van der Waals surface area contributed by atoms with Crippen molar-refractivity contribution in [1.29, 1.82) is 0 Å². The first-order valence-corrected chi connectivity index (χ1v) is 9.00. The average Bonchev–Trinajstić information content (AvgIpc) is 2.94. The Morgan fingerprint density at radius 2 is 2.26 bits per heavy atom. The molecule has 1 aromatic rings. The van der Waals surface area contributed by atoms with Crippen LogP contribution in [0.1, 0.15) is 35.7 Å². The Balaban J connectivity index is 2.16. The van der Waals surface area contributed by atoms with Gasteiger partial charge >= 0.3 is 0 Å². The summed E-state index contributed by atoms with van der Waals surface area (Å²) in [6, 6.07) is 4.27. The number of rotatable bonds is 6. The first kappa shape index (κ1) is 14.9. The quantitative estimate of drug-likeness (QED) is 0.876. The second kappa shape index (κ2) is 6.77. The van der Waals surface area contributed by atoms with Gasteiger partial charge in [-0.1, -0.05) is 13.3 Å². The Morgan fingerprint density at radius 1 is 1.47 bits per heavy atom. The molecule has 1 N–H and O–H groups in total. The number of amides is 1. The van der Waals surface area contributed by atoms with Gasteiger partial charge in [-0.25, -0.2) is 0 Å². The van der Waals surface area contributed by atoms with Crippen molar-refractivity contribution in [1.82, 2.24) is 10.2 Å². The molecule has 5 heteroatoms. The highest BCUT2D eigenvalue weighted by molar-refractivity contribution is 7.98. The third kappa shape index (κ3) is 3.33. The summed E-state index contributed by atoms with van der Waals surface area (Å²) in [5, 5.41) is 3.51. The van der Waals surface area contributed by atoms with E-state index >= 15 is 0 Å². The minimum Gasteiger partial charge on any atom is -0.320 e. The predicted octanol–water partition coefficient (Wildman–Crippen LogP) is 3.02. The normalized spacial score (nSPS) is 23.3. The zero-order chi connectivity index (χ0) is 13.8. The zero-order valence-electron chi connectivity index (χ0n) is 11.8. The fourth-order valence-electron chi connectivity index (χ4n) is 2.44. The van der Waals surface area contributed by atoms with Crippen LogP contribution in [0.4, 0.5) is 0 Å². The van der Waals surface area contributed by atoms with Crippen molar-refractivity contribution in [3.05, 3.63) is 21.9 Å². The minimum absolute atomic E-state index is 0.000683. The SMILES string of the molecule is CCCC1NC(c2ccc(C)s2)N(CCSC)C1=O. The number of aryl methyl sites for hydroxylation is 1. The summed E-state index contributed by atoms with van der Waals surface area (Å²) < 4.78 is 0. The van der Waals surface area contributed by atoms with E-state index in [1.54, 1.807) is 23.1 Å². The van der Waals surface area contributed by atoms with Crippen LogP contribution >= 0.6 is 23.1 Å². The van der Waals surface area contributed by atoms with E-state index < -0.39 is 0 Å². The second-order valence-corrected chi connectivity index (χ2v) is 7.19. The van der Waals surface area contributed by atoms with Gasteiger partial charge in [0.25, 0.3) is 0 Å². The molecule has 0 bridgehead atoms. The molecule has 0 spiro atoms. The van der Waals surface area contributed by atoms with Crippen LogP contribution in [-0.2, 0) is 4.79 Å². The maximum absolute atomic E-state index is 12.5. The van der Waals surface area contributed by atoms with Crippen LogP contribution in [0.25, 0.3) is 0 Å². The van der Waals surface area contributed by atoms with Crippen molar-refractivity contribution >= 4 is 29.0 Å². The third-order valence-corrected chi connectivity index (χ3v) is 5.04. The summed E-state index contributed by atoms with van der Waals surface area (Å²) in [6.45, 7) is 5.07. The molecule has 1 aliphatic rings. The molecule has 19 heavy (non-hydrogen) atoms. The summed E-state index contributed by atoms with van der Waals surface area (Å²) >= 11 is 3.57. The lowest BCUT2D eigenvalue weighted by Gasteiger charge is -2.22. The third-order valence-electron chi connectivity index (χ3n) is 3.40. The van der Waals surface area contributed by atoms with E-state index in [1.807, 2.05) is 4.90 Å². The van der Waals surface area contributed by atoms with Crippen molar-refractivity contribution < 1.29 is 4.79 Å². The van der Waals surface area contributed by atoms with E-state index in [-0.39, 0.29) is 18.1 Å². The van der Waals surface area contributed by atoms with E-state index in [0.29, 0.717) is 0 Å². The molecular formula is C14H22N2OS2. The Labute approximate surface area is 123 Å². The number of carbonyl (C=O) groups excluding carboxylic acids is 1. The molecular weight excluding hydrogens is 276 g/mol. The van der Waals surface area contributed by atoms with E-state index in [0.717, 1.165) is 25.1 Å². The molecule has 1 amide bonds. The van der Waals surface area contributed by atoms with Gasteiger partial charge in [0, 0.05) is 22.1 Å². The molecule has 0 aromatic carbocycles. The maximum atomic E-state index is 12.5. The highest BCUT2D eigenvalue weighted by Crippen LogP contribution is 2.31. The molecule has 2 rings (SSSR count). The number of nitrogens with zero attached hydrogens (tertiary/aromatic N) is 1. The summed E-state index contributed by atoms with van der Waals surface area (Å²) in [5.41, 5.74) is 0. The highest BCUT2D eigenvalue weighted by Gasteiger charge is 2.39. The Bertz CT molecular complexity index is 433. The lowest BCUT2D eigenvalue weighted by molar-refractivity contribution is -0.129. The Kier molecular flexibility index (Phi) is 5.30. The van der Waals surface area contributed by atoms with E-state index in [1.165, 1.54) is 9.75 Å². The molecule has 3 nitrogen and oxygen atoms in total. The van der Waals surface area contributed by atoms with Crippen LogP contribution in [0.15, 0.2) is 12.1 Å². The number of hydrogen-bond acceptors (Lipinski definition) is 4. The molecule has 1 aliphatic heterocycles. The van der Waals surface area contributed by atoms with Crippen LogP contribution in [0, 0.1) is 6.92 Å². The van der Waals surface area contributed by atoms with E-state index in [2.05, 4.69) is 37.6 Å². The molecule has 1 saturated heterocycles. The summed E-state index contributed by atoms with van der Waals surface area (Å²) in [6.07, 6.45) is 4.13. The van der Waals surface area contributed by atoms with Crippen LogP contribution in [0.5, 0.6) is 0 Å². The van der Waals surface area contributed by atoms with Crippen LogP contribution in [0.3, 0.4) is 0 Å². The van der Waals surface area contributed by atoms with Gasteiger partial charge in [-0.2, -0.15) is 11.8 Å². The van der Waals surface area contributed by atoms with Gasteiger partial charge in [-0.3, -0.25) is 10.1 Å². The zero-order valence-corrected chi connectivity index (χ0v) is 13.4. The average molecular weight is 298 g/mol. The molecule has 2 atom stereocenters. The Morgan fingerprint density at radius 3 is 2.84 bits per heavy atom. The van der Waals surface area contributed by atoms with E-state index in [9.17, 15) is 4.79 Å². The first-order chi connectivity index (χ1) is 9.17. The van der Waals surface area contributed by atoms with Crippen molar-refractivity contribution in [3.8, 4) is 0 Å². The van der Waals surface area contributed by atoms with Gasteiger partial charge in [0.05, 0.1) is 6.04 Å². The highest BCUT2D eigenvalue weighted by atomic mass is 32.2. The van der Waals surface area contributed by atoms with Gasteiger partial charge in [-0.15, -0.1) is 11.3 Å². The number of thiophene rings is 1. The molecule has 1 fully saturated rings. The topological polar surface area (TPSA) is 32.3 Å². The predicted molar refractivity (Wildman–Crippen MR) is 83.7 cm³/mol. The summed E-state index contributed by atoms with van der Waals surface area (Å²) in [5.74, 6) is 1.26. The monoisotopic (exact) mass is 298 g/mol. The molecule has 0 radical (unpaired) electrons. The molecule has 106 valence electrons. The molecule has 2 unspecified atom stereocenters. The standard InChI is InChI=1S/C14H22N2OS2/c1-4-5-11-14(17)16(8-9-18-3)13(15-11)12-7-6-10(2)19-12/h6-7,11,13,15H,4-5,8-9H2,1-3H3. The maximum Gasteiger partial charge on any atom is 0.241 e. The number of carbonyl (C=O) groups is 1. The lowest BCUT2D eigenvalue weighted by Crippen LogP contribution is -2.32. The molecule has 0 aliphatic carbocycles. The number of nitrogens with one attached hydrogen (secondary N) is 1. The molecule has 2 heterocycles. The van der Waals surface area contributed by atoms with Crippen molar-refractivity contribution in [3.63, 3.8) is 0 Å². The van der Waals surface area contributed by atoms with Gasteiger partial charge in [0.1, 0.15) is 6.17 Å². The summed E-state index contributed by atoms with van der Waals surface area (Å²) in [4.78, 5) is 17.0. The Hall–Kier alpha value is -0.520. The minimum atomic E-state index is -0.000683. The van der Waals surface area contributed by atoms with Gasteiger partial charge in [-0.05, 0) is 31.7 Å². The second-order valence-electron chi connectivity index (χ2n) is 4.88. The van der Waals surface area contributed by atoms with Crippen LogP contribution in [-0.4, -0.2) is 35.4 Å². The molecule has 1 aromatic heterocycles. The lowest BCUT2D eigenvalue weighted by atomic mass is 10.2. The largest absolute Gasteiger partial charge is 0.320 e. The van der Waals surface area contributed by atoms with Crippen molar-refractivity contribution in [2.24, 2.45) is 0 Å². The van der Waals surface area contributed by atoms with Crippen LogP contribution in [0.2, 0.25) is 0 Å². The first-order valence-electron chi connectivity index (χ1n) is 6.79. The number of thioether (sulfide) groups is 1. The van der Waals surface area contributed by atoms with Crippen LogP contribution < -0.4 is 5.32 Å². The van der Waals surface area contributed by atoms with Gasteiger partial charge < -0.3 is 4.90 Å². The van der Waals surface area contributed by atoms with Gasteiger partial charge in [0.15, 0.2) is 0 Å². The van der Waals surface area contributed by atoms with Gasteiger partial charge in [0.2, 0.25) is 5.91 Å². The fourth-order valence-corrected chi connectivity index (χ4v) is 3.77.